The van der Waals surface area contributed by atoms with Gasteiger partial charge in [-0.05, 0) is 80.0 Å². The summed E-state index contributed by atoms with van der Waals surface area (Å²) >= 11 is 0. The third-order valence-electron chi connectivity index (χ3n) is 9.56. The summed E-state index contributed by atoms with van der Waals surface area (Å²) in [5.74, 6) is 7.51. The Bertz CT molecular complexity index is 439. The summed E-state index contributed by atoms with van der Waals surface area (Å²) < 4.78 is 0. The smallest absolute Gasteiger partial charge is 0.0158 e. The minimum atomic E-state index is 0.226. The summed E-state index contributed by atoms with van der Waals surface area (Å²) in [5.41, 5.74) is 0.226. The summed E-state index contributed by atoms with van der Waals surface area (Å²) in [6.45, 7) is 24.9. The van der Waals surface area contributed by atoms with Crippen molar-refractivity contribution in [3.05, 3.63) is 0 Å². The van der Waals surface area contributed by atoms with Gasteiger partial charge in [0.05, 0.1) is 0 Å². The first-order valence-electron chi connectivity index (χ1n) is 11.8. The Labute approximate surface area is 165 Å². The van der Waals surface area contributed by atoms with Crippen LogP contribution < -0.4 is 5.32 Å². The Morgan fingerprint density at radius 2 is 1.23 bits per heavy atom. The van der Waals surface area contributed by atoms with Crippen LogP contribution in [0.1, 0.15) is 94.9 Å². The predicted octanol–water partition coefficient (Wildman–Crippen LogP) is 7.02. The van der Waals surface area contributed by atoms with Crippen LogP contribution in [0, 0.1) is 53.3 Å². The van der Waals surface area contributed by atoms with Crippen molar-refractivity contribution < 1.29 is 0 Å². The molecule has 2 saturated carbocycles. The van der Waals surface area contributed by atoms with E-state index in [1.807, 2.05) is 0 Å². The van der Waals surface area contributed by atoms with Gasteiger partial charge in [-0.25, -0.2) is 0 Å². The molecule has 0 bridgehead atoms. The molecule has 2 fully saturated rings. The van der Waals surface area contributed by atoms with Gasteiger partial charge in [-0.2, -0.15) is 0 Å². The molecule has 1 heteroatoms. The highest BCUT2D eigenvalue weighted by Gasteiger charge is 2.47. The molecule has 1 nitrogen and oxygen atoms in total. The Hall–Kier alpha value is -0.0400. The highest BCUT2D eigenvalue weighted by Crippen LogP contribution is 2.48. The van der Waals surface area contributed by atoms with E-state index in [0.717, 1.165) is 53.3 Å². The molecule has 0 spiro atoms. The minimum absolute atomic E-state index is 0.226. The molecule has 26 heavy (non-hydrogen) atoms. The van der Waals surface area contributed by atoms with Crippen molar-refractivity contribution in [2.75, 3.05) is 0 Å². The highest BCUT2D eigenvalue weighted by atomic mass is 15.0. The first-order chi connectivity index (χ1) is 12.0. The van der Waals surface area contributed by atoms with E-state index in [0.29, 0.717) is 6.04 Å². The molecule has 2 rings (SSSR count). The molecule has 2 aliphatic rings. The number of hydrogen-bond donors (Lipinski definition) is 1. The summed E-state index contributed by atoms with van der Waals surface area (Å²) in [7, 11) is 0. The molecule has 0 aromatic heterocycles. The van der Waals surface area contributed by atoms with Gasteiger partial charge in [-0.15, -0.1) is 0 Å². The van der Waals surface area contributed by atoms with Crippen LogP contribution in [0.3, 0.4) is 0 Å². The van der Waals surface area contributed by atoms with Crippen LogP contribution in [0.15, 0.2) is 0 Å². The van der Waals surface area contributed by atoms with E-state index in [2.05, 4.69) is 74.6 Å². The second-order valence-electron chi connectivity index (χ2n) is 11.1. The average Bonchev–Trinajstić information content (AvgIpc) is 2.59. The molecule has 0 aliphatic heterocycles. The normalized spacial score (nSPS) is 47.8. The van der Waals surface area contributed by atoms with E-state index in [4.69, 9.17) is 0 Å². The predicted molar refractivity (Wildman–Crippen MR) is 116 cm³/mol. The van der Waals surface area contributed by atoms with E-state index < -0.39 is 0 Å². The molecule has 0 saturated heterocycles. The van der Waals surface area contributed by atoms with Gasteiger partial charge in [0, 0.05) is 11.6 Å². The van der Waals surface area contributed by atoms with Crippen molar-refractivity contribution in [3.63, 3.8) is 0 Å². The van der Waals surface area contributed by atoms with Crippen LogP contribution in [-0.4, -0.2) is 11.6 Å². The maximum atomic E-state index is 4.27. The third kappa shape index (κ3) is 4.18. The zero-order valence-corrected chi connectivity index (χ0v) is 19.6. The first kappa shape index (κ1) is 22.3. The Balaban J connectivity index is 2.20. The third-order valence-corrected chi connectivity index (χ3v) is 9.56. The monoisotopic (exact) mass is 363 g/mol. The van der Waals surface area contributed by atoms with Crippen molar-refractivity contribution in [2.24, 2.45) is 53.3 Å². The summed E-state index contributed by atoms with van der Waals surface area (Å²) in [6.07, 6.45) is 5.51. The fraction of sp³-hybridized carbons (Fsp3) is 1.00. The van der Waals surface area contributed by atoms with Gasteiger partial charge < -0.3 is 5.32 Å². The summed E-state index contributed by atoms with van der Waals surface area (Å²) in [6, 6.07) is 0.667. The standard InChI is InChI=1S/C25H49N/c1-11-21-13-15(3)16(4)24(20(21)8)26-25(9,10)23-14-22(12-2)18(6)17(5)19(23)7/h15-24,26H,11-14H2,1-10H3. The minimum Gasteiger partial charge on any atom is -0.308 e. The van der Waals surface area contributed by atoms with Crippen LogP contribution in [0.25, 0.3) is 0 Å². The molecule has 0 aromatic carbocycles. The van der Waals surface area contributed by atoms with Gasteiger partial charge in [0.2, 0.25) is 0 Å². The first-order valence-corrected chi connectivity index (χ1v) is 11.8. The lowest BCUT2D eigenvalue weighted by atomic mass is 9.58. The van der Waals surface area contributed by atoms with Crippen molar-refractivity contribution in [2.45, 2.75) is 107 Å². The van der Waals surface area contributed by atoms with Gasteiger partial charge in [0.15, 0.2) is 0 Å². The van der Waals surface area contributed by atoms with Crippen LogP contribution in [0.4, 0.5) is 0 Å². The molecule has 0 amide bonds. The number of nitrogens with one attached hydrogen (secondary N) is 1. The largest absolute Gasteiger partial charge is 0.308 e. The van der Waals surface area contributed by atoms with Gasteiger partial charge in [0.1, 0.15) is 0 Å². The van der Waals surface area contributed by atoms with E-state index in [-0.39, 0.29) is 5.54 Å². The molecule has 154 valence electrons. The van der Waals surface area contributed by atoms with Gasteiger partial charge in [0.25, 0.3) is 0 Å². The fourth-order valence-corrected chi connectivity index (χ4v) is 6.89. The Morgan fingerprint density at radius 3 is 1.77 bits per heavy atom. The molecular weight excluding hydrogens is 314 g/mol. The van der Waals surface area contributed by atoms with Gasteiger partial charge in [-0.1, -0.05) is 68.2 Å². The lowest BCUT2D eigenvalue weighted by Gasteiger charge is -2.54. The highest BCUT2D eigenvalue weighted by molar-refractivity contribution is 5.01. The Kier molecular flexibility index (Phi) is 7.31. The molecule has 0 aromatic rings. The molecule has 0 radical (unpaired) electrons. The molecule has 10 unspecified atom stereocenters. The second-order valence-corrected chi connectivity index (χ2v) is 11.1. The van der Waals surface area contributed by atoms with Crippen LogP contribution in [0.2, 0.25) is 0 Å². The SMILES string of the molecule is CCC1CC(C(C)(C)NC2C(C)C(C)CC(CC)C2C)C(C)C(C)C1C. The zero-order chi connectivity index (χ0) is 19.8. The molecule has 10 atom stereocenters. The molecular formula is C25H49N. The van der Waals surface area contributed by atoms with Crippen molar-refractivity contribution >= 4 is 0 Å². The maximum Gasteiger partial charge on any atom is 0.0158 e. The Morgan fingerprint density at radius 1 is 0.692 bits per heavy atom. The topological polar surface area (TPSA) is 12.0 Å². The van der Waals surface area contributed by atoms with Crippen LogP contribution in [0.5, 0.6) is 0 Å². The van der Waals surface area contributed by atoms with Crippen molar-refractivity contribution in [3.8, 4) is 0 Å². The maximum absolute atomic E-state index is 4.27. The van der Waals surface area contributed by atoms with Crippen molar-refractivity contribution in [1.82, 2.24) is 5.32 Å². The lowest BCUT2D eigenvalue weighted by molar-refractivity contribution is -0.00576. The number of rotatable bonds is 5. The van der Waals surface area contributed by atoms with Gasteiger partial charge >= 0.3 is 0 Å². The van der Waals surface area contributed by atoms with E-state index in [1.165, 1.54) is 25.7 Å². The van der Waals surface area contributed by atoms with Crippen LogP contribution >= 0.6 is 0 Å². The zero-order valence-electron chi connectivity index (χ0n) is 19.6. The number of hydrogen-bond acceptors (Lipinski definition) is 1. The molecule has 2 aliphatic carbocycles. The van der Waals surface area contributed by atoms with E-state index in [9.17, 15) is 0 Å². The van der Waals surface area contributed by atoms with Crippen LogP contribution in [-0.2, 0) is 0 Å². The van der Waals surface area contributed by atoms with Gasteiger partial charge in [-0.3, -0.25) is 0 Å². The second kappa shape index (κ2) is 8.54. The lowest BCUT2D eigenvalue weighted by Crippen LogP contribution is -2.61. The summed E-state index contributed by atoms with van der Waals surface area (Å²) in [5, 5.41) is 4.27. The molecule has 1 N–H and O–H groups in total. The van der Waals surface area contributed by atoms with E-state index in [1.54, 1.807) is 0 Å². The van der Waals surface area contributed by atoms with Crippen molar-refractivity contribution in [1.29, 1.82) is 0 Å². The quantitative estimate of drug-likeness (QED) is 0.553. The van der Waals surface area contributed by atoms with E-state index >= 15 is 0 Å². The fourth-order valence-electron chi connectivity index (χ4n) is 6.89. The molecule has 0 heterocycles. The average molecular weight is 364 g/mol. The summed E-state index contributed by atoms with van der Waals surface area (Å²) in [4.78, 5) is 0.